The van der Waals surface area contributed by atoms with Crippen LogP contribution in [0.25, 0.3) is 0 Å². The monoisotopic (exact) mass is 206 g/mol. The van der Waals surface area contributed by atoms with Crippen LogP contribution in [0, 0.1) is 11.3 Å². The number of nitrogens with zero attached hydrogens (tertiary/aromatic N) is 4. The van der Waals surface area contributed by atoms with E-state index in [9.17, 15) is 4.79 Å². The first kappa shape index (κ1) is 9.68. The standard InChI is InChI=1S/C9H10N4O2/c10-5-8-6-12(3-4-15-8)9(14)13-2-1-11-7-13/h1-2,7-8H,3-4,6H2. The van der Waals surface area contributed by atoms with Gasteiger partial charge in [0.25, 0.3) is 0 Å². The van der Waals surface area contributed by atoms with E-state index in [4.69, 9.17) is 10.00 Å². The summed E-state index contributed by atoms with van der Waals surface area (Å²) >= 11 is 0. The van der Waals surface area contributed by atoms with Gasteiger partial charge in [0.15, 0.2) is 6.10 Å². The zero-order valence-corrected chi connectivity index (χ0v) is 8.04. The number of morpholine rings is 1. The van der Waals surface area contributed by atoms with Crippen molar-refractivity contribution in [3.05, 3.63) is 18.7 Å². The molecule has 1 aromatic rings. The molecule has 1 unspecified atom stereocenters. The van der Waals surface area contributed by atoms with Crippen LogP contribution in [0.2, 0.25) is 0 Å². The minimum absolute atomic E-state index is 0.170. The van der Waals surface area contributed by atoms with E-state index in [1.807, 2.05) is 6.07 Å². The maximum atomic E-state index is 11.8. The van der Waals surface area contributed by atoms with Crippen molar-refractivity contribution < 1.29 is 9.53 Å². The molecule has 0 radical (unpaired) electrons. The van der Waals surface area contributed by atoms with Gasteiger partial charge in [-0.2, -0.15) is 5.26 Å². The van der Waals surface area contributed by atoms with Gasteiger partial charge < -0.3 is 9.64 Å². The summed E-state index contributed by atoms with van der Waals surface area (Å²) in [6.45, 7) is 1.22. The summed E-state index contributed by atoms with van der Waals surface area (Å²) < 4.78 is 6.53. The Bertz CT molecular complexity index is 381. The zero-order chi connectivity index (χ0) is 10.7. The highest BCUT2D eigenvalue weighted by Crippen LogP contribution is 2.06. The lowest BCUT2D eigenvalue weighted by Gasteiger charge is -2.29. The van der Waals surface area contributed by atoms with Crippen molar-refractivity contribution in [2.75, 3.05) is 19.7 Å². The molecule has 0 spiro atoms. The number of imidazole rings is 1. The molecule has 6 nitrogen and oxygen atoms in total. The lowest BCUT2D eigenvalue weighted by molar-refractivity contribution is 0.0159. The summed E-state index contributed by atoms with van der Waals surface area (Å²) in [6.07, 6.45) is 4.05. The first-order valence-electron chi connectivity index (χ1n) is 4.59. The topological polar surface area (TPSA) is 71.2 Å². The Hall–Kier alpha value is -1.87. The maximum Gasteiger partial charge on any atom is 0.329 e. The Kier molecular flexibility index (Phi) is 2.65. The molecule has 1 aliphatic heterocycles. The van der Waals surface area contributed by atoms with Gasteiger partial charge in [-0.1, -0.05) is 0 Å². The van der Waals surface area contributed by atoms with Crippen LogP contribution in [0.3, 0.4) is 0 Å². The molecule has 0 aliphatic carbocycles. The number of aromatic nitrogens is 2. The van der Waals surface area contributed by atoms with E-state index in [1.165, 1.54) is 10.9 Å². The molecule has 78 valence electrons. The van der Waals surface area contributed by atoms with Gasteiger partial charge in [-0.25, -0.2) is 9.78 Å². The molecule has 1 saturated heterocycles. The third-order valence-electron chi connectivity index (χ3n) is 2.21. The van der Waals surface area contributed by atoms with Gasteiger partial charge in [-0.15, -0.1) is 0 Å². The highest BCUT2D eigenvalue weighted by molar-refractivity contribution is 5.76. The first-order chi connectivity index (χ1) is 7.31. The Balaban J connectivity index is 2.05. The summed E-state index contributed by atoms with van der Waals surface area (Å²) in [5, 5.41) is 8.69. The van der Waals surface area contributed by atoms with Crippen LogP contribution >= 0.6 is 0 Å². The Morgan fingerprint density at radius 2 is 2.53 bits per heavy atom. The largest absolute Gasteiger partial charge is 0.360 e. The molecule has 15 heavy (non-hydrogen) atoms. The fourth-order valence-electron chi connectivity index (χ4n) is 1.44. The minimum atomic E-state index is -0.522. The lowest BCUT2D eigenvalue weighted by Crippen LogP contribution is -2.46. The SMILES string of the molecule is N#CC1CN(C(=O)n2ccnc2)CCO1. The van der Waals surface area contributed by atoms with Gasteiger partial charge in [-0.3, -0.25) is 4.57 Å². The number of hydrogen-bond acceptors (Lipinski definition) is 4. The molecule has 1 amide bonds. The number of amides is 1. The van der Waals surface area contributed by atoms with Crippen molar-refractivity contribution in [1.82, 2.24) is 14.5 Å². The molecule has 1 fully saturated rings. The Labute approximate surface area is 86.7 Å². The molecule has 0 saturated carbocycles. The van der Waals surface area contributed by atoms with Crippen LogP contribution in [-0.4, -0.2) is 46.3 Å². The van der Waals surface area contributed by atoms with Gasteiger partial charge in [-0.05, 0) is 0 Å². The number of carbonyl (C=O) groups is 1. The molecule has 0 aromatic carbocycles. The lowest BCUT2D eigenvalue weighted by atomic mass is 10.3. The van der Waals surface area contributed by atoms with Crippen LogP contribution in [0.4, 0.5) is 4.79 Å². The molecule has 1 aromatic heterocycles. The molecule has 2 heterocycles. The fraction of sp³-hybridized carbons (Fsp3) is 0.444. The first-order valence-corrected chi connectivity index (χ1v) is 4.59. The molecule has 2 rings (SSSR count). The van der Waals surface area contributed by atoms with E-state index in [1.54, 1.807) is 17.3 Å². The number of ether oxygens (including phenoxy) is 1. The van der Waals surface area contributed by atoms with E-state index in [-0.39, 0.29) is 6.03 Å². The van der Waals surface area contributed by atoms with Crippen LogP contribution in [0.15, 0.2) is 18.7 Å². The molecule has 0 N–H and O–H groups in total. The van der Waals surface area contributed by atoms with Gasteiger partial charge in [0.05, 0.1) is 19.2 Å². The number of nitriles is 1. The Morgan fingerprint density at radius 1 is 1.67 bits per heavy atom. The van der Waals surface area contributed by atoms with Crippen LogP contribution in [-0.2, 0) is 4.74 Å². The van der Waals surface area contributed by atoms with Gasteiger partial charge in [0.1, 0.15) is 6.33 Å². The fourth-order valence-corrected chi connectivity index (χ4v) is 1.44. The zero-order valence-electron chi connectivity index (χ0n) is 8.04. The van der Waals surface area contributed by atoms with E-state index >= 15 is 0 Å². The molecule has 1 aliphatic rings. The van der Waals surface area contributed by atoms with E-state index in [2.05, 4.69) is 4.98 Å². The summed E-state index contributed by atoms with van der Waals surface area (Å²) in [5.41, 5.74) is 0. The van der Waals surface area contributed by atoms with Gasteiger partial charge >= 0.3 is 6.03 Å². The second kappa shape index (κ2) is 4.11. The second-order valence-electron chi connectivity index (χ2n) is 3.19. The average Bonchev–Trinajstić information content (AvgIpc) is 2.81. The summed E-state index contributed by atoms with van der Waals surface area (Å²) in [7, 11) is 0. The molecular formula is C9H10N4O2. The molecular weight excluding hydrogens is 196 g/mol. The quantitative estimate of drug-likeness (QED) is 0.602. The molecule has 1 atom stereocenters. The number of carbonyl (C=O) groups excluding carboxylic acids is 1. The van der Waals surface area contributed by atoms with Gasteiger partial charge in [0, 0.05) is 18.9 Å². The predicted octanol–water partition coefficient (Wildman–Crippen LogP) is 0.0756. The average molecular weight is 206 g/mol. The van der Waals surface area contributed by atoms with E-state index < -0.39 is 6.10 Å². The number of hydrogen-bond donors (Lipinski definition) is 0. The summed E-state index contributed by atoms with van der Waals surface area (Å²) in [5.74, 6) is 0. The van der Waals surface area contributed by atoms with Crippen molar-refractivity contribution in [3.8, 4) is 6.07 Å². The van der Waals surface area contributed by atoms with Crippen molar-refractivity contribution in [2.45, 2.75) is 6.10 Å². The smallest absolute Gasteiger partial charge is 0.329 e. The van der Waals surface area contributed by atoms with Crippen LogP contribution < -0.4 is 0 Å². The van der Waals surface area contributed by atoms with Crippen molar-refractivity contribution in [3.63, 3.8) is 0 Å². The minimum Gasteiger partial charge on any atom is -0.360 e. The highest BCUT2D eigenvalue weighted by Gasteiger charge is 2.24. The normalized spacial score (nSPS) is 21.0. The van der Waals surface area contributed by atoms with Crippen molar-refractivity contribution in [2.24, 2.45) is 0 Å². The van der Waals surface area contributed by atoms with E-state index in [0.717, 1.165) is 0 Å². The predicted molar refractivity (Wildman–Crippen MR) is 49.9 cm³/mol. The van der Waals surface area contributed by atoms with Crippen molar-refractivity contribution >= 4 is 6.03 Å². The Morgan fingerprint density at radius 3 is 3.20 bits per heavy atom. The number of rotatable bonds is 0. The van der Waals surface area contributed by atoms with Gasteiger partial charge in [0.2, 0.25) is 0 Å². The second-order valence-corrected chi connectivity index (χ2v) is 3.19. The highest BCUT2D eigenvalue weighted by atomic mass is 16.5. The van der Waals surface area contributed by atoms with E-state index in [0.29, 0.717) is 19.7 Å². The third kappa shape index (κ3) is 1.97. The van der Waals surface area contributed by atoms with Crippen molar-refractivity contribution in [1.29, 1.82) is 5.26 Å². The summed E-state index contributed by atoms with van der Waals surface area (Å²) in [6, 6.07) is 1.82. The summed E-state index contributed by atoms with van der Waals surface area (Å²) in [4.78, 5) is 17.2. The third-order valence-corrected chi connectivity index (χ3v) is 2.21. The maximum absolute atomic E-state index is 11.8. The molecule has 6 heteroatoms. The molecule has 0 bridgehead atoms. The van der Waals surface area contributed by atoms with Crippen LogP contribution in [0.5, 0.6) is 0 Å². The van der Waals surface area contributed by atoms with Crippen LogP contribution in [0.1, 0.15) is 0 Å².